The fourth-order valence-electron chi connectivity index (χ4n) is 0.695. The number of hydrogen-bond donors (Lipinski definition) is 0. The highest BCUT2D eigenvalue weighted by molar-refractivity contribution is 7.16. The molecule has 1 unspecified atom stereocenters. The second-order valence-electron chi connectivity index (χ2n) is 1.89. The van der Waals surface area contributed by atoms with Crippen molar-refractivity contribution in [2.24, 2.45) is 0 Å². The molecule has 2 heteroatoms. The van der Waals surface area contributed by atoms with E-state index in [9.17, 15) is 0 Å². The average Bonchev–Trinajstić information content (AvgIpc) is 1.83. The van der Waals surface area contributed by atoms with Crippen LogP contribution in [-0.4, -0.2) is 24.3 Å². The van der Waals surface area contributed by atoms with Crippen LogP contribution in [0.2, 0.25) is 0 Å². The third-order valence-corrected chi connectivity index (χ3v) is 1.76. The zero-order valence-electron chi connectivity index (χ0n) is 5.85. The summed E-state index contributed by atoms with van der Waals surface area (Å²) in [4.78, 5) is 2.39. The standard InChI is InChI=1S/C6H16NP/c1-3-5-7(4-2)6-8/h3-6,8H2,1-2H3. The molecule has 0 saturated carbocycles. The first kappa shape index (κ1) is 8.39. The zero-order chi connectivity index (χ0) is 6.41. The highest BCUT2D eigenvalue weighted by atomic mass is 31.0. The molecule has 0 aliphatic carbocycles. The third kappa shape index (κ3) is 3.40. The Bertz CT molecular complexity index is 43.8. The topological polar surface area (TPSA) is 3.24 Å². The summed E-state index contributed by atoms with van der Waals surface area (Å²) in [5.41, 5.74) is 0. The second-order valence-corrected chi connectivity index (χ2v) is 2.26. The summed E-state index contributed by atoms with van der Waals surface area (Å²) in [5, 5.41) is 0. The minimum Gasteiger partial charge on any atom is -0.300 e. The number of nitrogens with zero attached hydrogens (tertiary/aromatic N) is 1. The summed E-state index contributed by atoms with van der Waals surface area (Å²) in [5.74, 6) is 0. The molecule has 0 spiro atoms. The Morgan fingerprint density at radius 2 is 2.00 bits per heavy atom. The predicted molar refractivity (Wildman–Crippen MR) is 42.1 cm³/mol. The maximum absolute atomic E-state index is 2.74. The molecule has 0 N–H and O–H groups in total. The van der Waals surface area contributed by atoms with Crippen LogP contribution in [0.4, 0.5) is 0 Å². The molecule has 0 aliphatic rings. The lowest BCUT2D eigenvalue weighted by Gasteiger charge is -2.15. The van der Waals surface area contributed by atoms with E-state index in [0.29, 0.717) is 0 Å². The van der Waals surface area contributed by atoms with Crippen molar-refractivity contribution >= 4 is 9.24 Å². The van der Waals surface area contributed by atoms with E-state index in [2.05, 4.69) is 28.0 Å². The maximum atomic E-state index is 2.74. The van der Waals surface area contributed by atoms with Gasteiger partial charge in [0.05, 0.1) is 0 Å². The van der Waals surface area contributed by atoms with E-state index < -0.39 is 0 Å². The van der Waals surface area contributed by atoms with Crippen LogP contribution in [0.15, 0.2) is 0 Å². The predicted octanol–water partition coefficient (Wildman–Crippen LogP) is 1.55. The summed E-state index contributed by atoms with van der Waals surface area (Å²) in [6.45, 7) is 6.82. The van der Waals surface area contributed by atoms with E-state index in [1.54, 1.807) is 0 Å². The molecule has 0 aromatic carbocycles. The molecule has 0 bridgehead atoms. The molecule has 0 aromatic rings. The molecule has 0 aromatic heterocycles. The third-order valence-electron chi connectivity index (χ3n) is 1.25. The van der Waals surface area contributed by atoms with E-state index >= 15 is 0 Å². The zero-order valence-corrected chi connectivity index (χ0v) is 7.01. The average molecular weight is 133 g/mol. The van der Waals surface area contributed by atoms with Crippen molar-refractivity contribution in [3.63, 3.8) is 0 Å². The normalized spacial score (nSPS) is 10.5. The van der Waals surface area contributed by atoms with Gasteiger partial charge in [-0.2, -0.15) is 0 Å². The molecule has 0 rings (SSSR count). The van der Waals surface area contributed by atoms with Gasteiger partial charge in [-0.15, -0.1) is 9.24 Å². The first-order chi connectivity index (χ1) is 3.85. The smallest absolute Gasteiger partial charge is 0.0126 e. The second kappa shape index (κ2) is 5.53. The number of rotatable bonds is 4. The van der Waals surface area contributed by atoms with Gasteiger partial charge in [0.1, 0.15) is 0 Å². The van der Waals surface area contributed by atoms with Crippen LogP contribution in [0, 0.1) is 0 Å². The molecule has 0 radical (unpaired) electrons. The SMILES string of the molecule is CCCN(CC)CP. The molecule has 0 heterocycles. The number of hydrogen-bond acceptors (Lipinski definition) is 1. The van der Waals surface area contributed by atoms with Crippen LogP contribution in [-0.2, 0) is 0 Å². The van der Waals surface area contributed by atoms with Gasteiger partial charge in [0.25, 0.3) is 0 Å². The summed E-state index contributed by atoms with van der Waals surface area (Å²) in [6.07, 6.45) is 2.38. The Morgan fingerprint density at radius 1 is 1.38 bits per heavy atom. The first-order valence-corrected chi connectivity index (χ1v) is 4.09. The first-order valence-electron chi connectivity index (χ1n) is 3.27. The Balaban J connectivity index is 3.07. The van der Waals surface area contributed by atoms with Gasteiger partial charge in [-0.05, 0) is 19.5 Å². The summed E-state index contributed by atoms with van der Waals surface area (Å²) < 4.78 is 0. The van der Waals surface area contributed by atoms with Crippen molar-refractivity contribution in [2.75, 3.05) is 19.4 Å². The quantitative estimate of drug-likeness (QED) is 0.526. The van der Waals surface area contributed by atoms with Gasteiger partial charge in [-0.3, -0.25) is 0 Å². The lowest BCUT2D eigenvalue weighted by molar-refractivity contribution is 0.339. The minimum absolute atomic E-state index is 1.12. The van der Waals surface area contributed by atoms with Gasteiger partial charge >= 0.3 is 0 Å². The van der Waals surface area contributed by atoms with Crippen LogP contribution in [0.1, 0.15) is 20.3 Å². The van der Waals surface area contributed by atoms with Crippen LogP contribution < -0.4 is 0 Å². The molecule has 0 fully saturated rings. The fraction of sp³-hybridized carbons (Fsp3) is 1.00. The van der Waals surface area contributed by atoms with Crippen molar-refractivity contribution in [2.45, 2.75) is 20.3 Å². The highest BCUT2D eigenvalue weighted by Gasteiger charge is 1.92. The highest BCUT2D eigenvalue weighted by Crippen LogP contribution is 1.93. The largest absolute Gasteiger partial charge is 0.300 e. The van der Waals surface area contributed by atoms with Gasteiger partial charge in [0, 0.05) is 6.29 Å². The maximum Gasteiger partial charge on any atom is 0.0126 e. The summed E-state index contributed by atoms with van der Waals surface area (Å²) >= 11 is 0. The Morgan fingerprint density at radius 3 is 2.12 bits per heavy atom. The fourth-order valence-corrected chi connectivity index (χ4v) is 1.14. The molecule has 50 valence electrons. The monoisotopic (exact) mass is 133 g/mol. The van der Waals surface area contributed by atoms with Gasteiger partial charge in [-0.1, -0.05) is 13.8 Å². The lowest BCUT2D eigenvalue weighted by atomic mass is 10.4. The van der Waals surface area contributed by atoms with Gasteiger partial charge in [-0.25, -0.2) is 0 Å². The molecule has 8 heavy (non-hydrogen) atoms. The van der Waals surface area contributed by atoms with Crippen molar-refractivity contribution in [1.82, 2.24) is 4.90 Å². The van der Waals surface area contributed by atoms with Gasteiger partial charge < -0.3 is 4.90 Å². The van der Waals surface area contributed by atoms with E-state index in [0.717, 1.165) is 6.29 Å². The summed E-state index contributed by atoms with van der Waals surface area (Å²) in [7, 11) is 2.74. The summed E-state index contributed by atoms with van der Waals surface area (Å²) in [6, 6.07) is 0. The van der Waals surface area contributed by atoms with Crippen molar-refractivity contribution in [1.29, 1.82) is 0 Å². The van der Waals surface area contributed by atoms with Crippen LogP contribution in [0.5, 0.6) is 0 Å². The molecular formula is C6H16NP. The van der Waals surface area contributed by atoms with E-state index in [-0.39, 0.29) is 0 Å². The van der Waals surface area contributed by atoms with E-state index in [4.69, 9.17) is 0 Å². The Labute approximate surface area is 54.7 Å². The van der Waals surface area contributed by atoms with E-state index in [1.165, 1.54) is 19.5 Å². The van der Waals surface area contributed by atoms with Crippen LogP contribution >= 0.6 is 9.24 Å². The van der Waals surface area contributed by atoms with Crippen LogP contribution in [0.25, 0.3) is 0 Å². The minimum atomic E-state index is 1.12. The van der Waals surface area contributed by atoms with Crippen molar-refractivity contribution in [3.8, 4) is 0 Å². The van der Waals surface area contributed by atoms with Crippen molar-refractivity contribution < 1.29 is 0 Å². The van der Waals surface area contributed by atoms with E-state index in [1.807, 2.05) is 0 Å². The molecule has 1 atom stereocenters. The Hall–Kier alpha value is 0.390. The van der Waals surface area contributed by atoms with Crippen molar-refractivity contribution in [3.05, 3.63) is 0 Å². The van der Waals surface area contributed by atoms with Gasteiger partial charge in [0.2, 0.25) is 0 Å². The van der Waals surface area contributed by atoms with Crippen LogP contribution in [0.3, 0.4) is 0 Å². The van der Waals surface area contributed by atoms with Gasteiger partial charge in [0.15, 0.2) is 0 Å². The molecule has 0 saturated heterocycles. The lowest BCUT2D eigenvalue weighted by Crippen LogP contribution is -2.21. The Kier molecular flexibility index (Phi) is 5.79. The molecule has 0 aliphatic heterocycles. The molecular weight excluding hydrogens is 117 g/mol. The molecule has 1 nitrogen and oxygen atoms in total. The molecule has 0 amide bonds.